The van der Waals surface area contributed by atoms with E-state index in [1.165, 1.54) is 23.0 Å². The number of ether oxygens (including phenoxy) is 4. The molecule has 0 saturated carbocycles. The number of aromatic nitrogens is 1. The van der Waals surface area contributed by atoms with Crippen LogP contribution < -0.4 is 29.1 Å². The molecule has 0 saturated heterocycles. The number of fused-ring (bicyclic) bond motifs is 1. The molecule has 5 rings (SSSR count). The van der Waals surface area contributed by atoms with Crippen molar-refractivity contribution in [2.75, 3.05) is 20.8 Å². The predicted octanol–water partition coefficient (Wildman–Crippen LogP) is 5.16. The molecular weight excluding hydrogens is 620 g/mol. The Morgan fingerprint density at radius 1 is 1.02 bits per heavy atom. The lowest BCUT2D eigenvalue weighted by molar-refractivity contribution is -0.139. The second kappa shape index (κ2) is 12.8. The number of allylic oxidation sites excluding steroid dienone is 1. The van der Waals surface area contributed by atoms with E-state index in [4.69, 9.17) is 18.9 Å². The number of halogens is 1. The summed E-state index contributed by atoms with van der Waals surface area (Å²) in [5, 5.41) is 0. The Balaban J connectivity index is 1.66. The second-order valence-corrected chi connectivity index (χ2v) is 11.2. The van der Waals surface area contributed by atoms with Gasteiger partial charge in [-0.1, -0.05) is 75.8 Å². The lowest BCUT2D eigenvalue weighted by Crippen LogP contribution is -2.40. The minimum absolute atomic E-state index is 0.180. The van der Waals surface area contributed by atoms with Gasteiger partial charge in [-0.15, -0.1) is 0 Å². The fourth-order valence-electron chi connectivity index (χ4n) is 4.77. The molecule has 0 unspecified atom stereocenters. The summed E-state index contributed by atoms with van der Waals surface area (Å²) in [4.78, 5) is 32.5. The Hall–Kier alpha value is -4.15. The van der Waals surface area contributed by atoms with E-state index in [0.29, 0.717) is 48.9 Å². The minimum atomic E-state index is -0.818. The molecule has 4 aromatic rings. The number of methoxy groups -OCH3 is 2. The van der Waals surface area contributed by atoms with Gasteiger partial charge < -0.3 is 18.9 Å². The maximum absolute atomic E-state index is 14.1. The molecule has 1 aliphatic heterocycles. The third-order valence-electron chi connectivity index (χ3n) is 6.76. The van der Waals surface area contributed by atoms with E-state index in [2.05, 4.69) is 20.9 Å². The Bertz CT molecular complexity index is 1840. The molecule has 0 N–H and O–H groups in total. The summed E-state index contributed by atoms with van der Waals surface area (Å²) in [5.41, 5.74) is 2.87. The third-order valence-corrected chi connectivity index (χ3v) is 8.43. The number of para-hydroxylation sites is 1. The number of hydrogen-bond donors (Lipinski definition) is 0. The zero-order valence-corrected chi connectivity index (χ0v) is 26.0. The van der Waals surface area contributed by atoms with Crippen LogP contribution in [0.2, 0.25) is 0 Å². The molecule has 0 amide bonds. The van der Waals surface area contributed by atoms with E-state index >= 15 is 0 Å². The van der Waals surface area contributed by atoms with Crippen LogP contribution in [0.3, 0.4) is 0 Å². The largest absolute Gasteiger partial charge is 0.493 e. The van der Waals surface area contributed by atoms with E-state index < -0.39 is 12.0 Å². The maximum atomic E-state index is 14.1. The number of carbonyl (C=O) groups excluding carboxylic acids is 1. The van der Waals surface area contributed by atoms with Crippen molar-refractivity contribution in [3.8, 4) is 17.2 Å². The third kappa shape index (κ3) is 5.77. The molecule has 0 spiro atoms. The fourth-order valence-corrected chi connectivity index (χ4v) is 6.35. The van der Waals surface area contributed by atoms with Gasteiger partial charge in [0.05, 0.1) is 42.7 Å². The minimum Gasteiger partial charge on any atom is -0.493 e. The maximum Gasteiger partial charge on any atom is 0.338 e. The van der Waals surface area contributed by atoms with Crippen LogP contribution in [-0.2, 0) is 16.1 Å². The van der Waals surface area contributed by atoms with Gasteiger partial charge in [0.15, 0.2) is 16.3 Å². The van der Waals surface area contributed by atoms with Crippen LogP contribution in [0.15, 0.2) is 92.3 Å². The molecule has 2 heterocycles. The molecule has 1 aromatic heterocycles. The molecular formula is C32H29BrN2O6S. The molecule has 0 bridgehead atoms. The van der Waals surface area contributed by atoms with Crippen LogP contribution in [0.25, 0.3) is 6.08 Å². The van der Waals surface area contributed by atoms with Gasteiger partial charge in [-0.05, 0) is 49.2 Å². The highest BCUT2D eigenvalue weighted by molar-refractivity contribution is 9.10. The Kier molecular flexibility index (Phi) is 8.94. The molecule has 216 valence electrons. The van der Waals surface area contributed by atoms with Crippen LogP contribution in [0.5, 0.6) is 17.2 Å². The fraction of sp³-hybridized carbons (Fsp3) is 0.219. The highest BCUT2D eigenvalue weighted by atomic mass is 79.9. The number of thiazole rings is 1. The smallest absolute Gasteiger partial charge is 0.338 e. The van der Waals surface area contributed by atoms with E-state index in [1.54, 1.807) is 39.2 Å². The monoisotopic (exact) mass is 648 g/mol. The zero-order valence-electron chi connectivity index (χ0n) is 23.5. The van der Waals surface area contributed by atoms with Crippen LogP contribution >= 0.6 is 27.3 Å². The molecule has 10 heteroatoms. The van der Waals surface area contributed by atoms with Crippen molar-refractivity contribution in [2.24, 2.45) is 4.99 Å². The number of carbonyl (C=O) groups is 1. The first-order valence-corrected chi connectivity index (χ1v) is 14.8. The molecule has 3 aromatic carbocycles. The summed E-state index contributed by atoms with van der Waals surface area (Å²) in [6.45, 7) is 4.06. The lowest BCUT2D eigenvalue weighted by atomic mass is 9.95. The van der Waals surface area contributed by atoms with Crippen molar-refractivity contribution >= 4 is 39.3 Å². The van der Waals surface area contributed by atoms with Gasteiger partial charge >= 0.3 is 5.97 Å². The molecule has 8 nitrogen and oxygen atoms in total. The van der Waals surface area contributed by atoms with Crippen molar-refractivity contribution < 1.29 is 23.7 Å². The van der Waals surface area contributed by atoms with Crippen LogP contribution in [0.1, 0.15) is 36.6 Å². The highest BCUT2D eigenvalue weighted by Gasteiger charge is 2.35. The zero-order chi connectivity index (χ0) is 29.8. The van der Waals surface area contributed by atoms with Crippen LogP contribution in [-0.4, -0.2) is 31.4 Å². The van der Waals surface area contributed by atoms with Gasteiger partial charge in [0.25, 0.3) is 5.56 Å². The molecule has 0 aliphatic carbocycles. The van der Waals surface area contributed by atoms with Gasteiger partial charge in [0, 0.05) is 10.0 Å². The first-order chi connectivity index (χ1) is 20.4. The number of hydrogen-bond acceptors (Lipinski definition) is 8. The molecule has 0 fully saturated rings. The first kappa shape index (κ1) is 29.3. The SMILES string of the molecule is CCOC(=O)C1=C(C)N=c2s/c(=C/c3ccccc3OCc3ccccc3)c(=O)n2[C@@H]1c1cc(OC)c(OC)cc1Br. The van der Waals surface area contributed by atoms with Crippen LogP contribution in [0.4, 0.5) is 0 Å². The molecule has 1 atom stereocenters. The van der Waals surface area contributed by atoms with Gasteiger partial charge in [0.1, 0.15) is 12.4 Å². The normalized spacial score (nSPS) is 14.7. The summed E-state index contributed by atoms with van der Waals surface area (Å²) < 4.78 is 25.2. The number of benzene rings is 3. The van der Waals surface area contributed by atoms with Crippen molar-refractivity contribution in [1.82, 2.24) is 4.57 Å². The Morgan fingerprint density at radius 3 is 2.43 bits per heavy atom. The van der Waals surface area contributed by atoms with Gasteiger partial charge in [0.2, 0.25) is 0 Å². The quantitative estimate of drug-likeness (QED) is 0.233. The average molecular weight is 650 g/mol. The number of nitrogens with zero attached hydrogens (tertiary/aromatic N) is 2. The predicted molar refractivity (Wildman–Crippen MR) is 165 cm³/mol. The standard InChI is InChI=1S/C32H29BrN2O6S/c1-5-40-31(37)28-19(2)34-32-35(29(28)22-16-25(38-3)26(39-4)17-23(22)33)30(36)27(42-32)15-21-13-9-10-14-24(21)41-18-20-11-7-6-8-12-20/h6-17,29H,5,18H2,1-4H3/b27-15+/t29-/m1/s1. The van der Waals surface area contributed by atoms with E-state index in [9.17, 15) is 9.59 Å². The topological polar surface area (TPSA) is 88.4 Å². The summed E-state index contributed by atoms with van der Waals surface area (Å²) in [7, 11) is 3.08. The summed E-state index contributed by atoms with van der Waals surface area (Å²) in [5.74, 6) is 1.07. The summed E-state index contributed by atoms with van der Waals surface area (Å²) in [6.07, 6.45) is 1.80. The van der Waals surface area contributed by atoms with Gasteiger partial charge in [-0.2, -0.15) is 0 Å². The summed E-state index contributed by atoms with van der Waals surface area (Å²) >= 11 is 4.88. The van der Waals surface area contributed by atoms with Crippen molar-refractivity contribution in [3.63, 3.8) is 0 Å². The molecule has 42 heavy (non-hydrogen) atoms. The van der Waals surface area contributed by atoms with Gasteiger partial charge in [-0.25, -0.2) is 9.79 Å². The van der Waals surface area contributed by atoms with E-state index in [-0.39, 0.29) is 17.7 Å². The molecule has 1 aliphatic rings. The Labute approximate surface area is 255 Å². The highest BCUT2D eigenvalue weighted by Crippen LogP contribution is 2.40. The van der Waals surface area contributed by atoms with Gasteiger partial charge in [-0.3, -0.25) is 9.36 Å². The van der Waals surface area contributed by atoms with Crippen LogP contribution in [0, 0.1) is 0 Å². The average Bonchev–Trinajstić information content (AvgIpc) is 3.30. The number of esters is 1. The second-order valence-electron chi connectivity index (χ2n) is 9.34. The summed E-state index contributed by atoms with van der Waals surface area (Å²) in [6, 6.07) is 20.1. The lowest BCUT2D eigenvalue weighted by Gasteiger charge is -2.26. The first-order valence-electron chi connectivity index (χ1n) is 13.2. The number of rotatable bonds is 9. The van der Waals surface area contributed by atoms with E-state index in [0.717, 1.165) is 11.1 Å². The Morgan fingerprint density at radius 2 is 1.71 bits per heavy atom. The van der Waals surface area contributed by atoms with Crippen molar-refractivity contribution in [3.05, 3.63) is 119 Å². The van der Waals surface area contributed by atoms with E-state index in [1.807, 2.05) is 54.6 Å². The van der Waals surface area contributed by atoms with Crippen molar-refractivity contribution in [2.45, 2.75) is 26.5 Å². The van der Waals surface area contributed by atoms with Crippen molar-refractivity contribution in [1.29, 1.82) is 0 Å². The molecule has 0 radical (unpaired) electrons.